The first-order valence-corrected chi connectivity index (χ1v) is 11.3. The zero-order chi connectivity index (χ0) is 21.4. The fourth-order valence-corrected chi connectivity index (χ4v) is 3.41. The van der Waals surface area contributed by atoms with Crippen LogP contribution < -0.4 is 0 Å². The van der Waals surface area contributed by atoms with Gasteiger partial charge in [-0.1, -0.05) is 61.7 Å². The highest BCUT2D eigenvalue weighted by molar-refractivity contribution is 7.98. The second-order valence-electron chi connectivity index (χ2n) is 6.67. The van der Waals surface area contributed by atoms with Crippen LogP contribution in [0.4, 0.5) is 0 Å². The van der Waals surface area contributed by atoms with E-state index >= 15 is 0 Å². The standard InChI is InChI=1S/C18H23N3O2S.C6H8/c22-12-13-24-14-17-19-20-18(23-17)16-7-5-15(6-8-16)4-3-11-21-9-1-2-10-21;1-3-5-6-4-2/h3-8,22H,1-2,9-14H2;3-6H,1-2H2/b4-3+;6-5-. The van der Waals surface area contributed by atoms with E-state index in [4.69, 9.17) is 9.52 Å². The summed E-state index contributed by atoms with van der Waals surface area (Å²) in [4.78, 5) is 2.47. The molecule has 2 heterocycles. The van der Waals surface area contributed by atoms with Crippen molar-refractivity contribution in [3.63, 3.8) is 0 Å². The van der Waals surface area contributed by atoms with Gasteiger partial charge >= 0.3 is 0 Å². The Morgan fingerprint density at radius 2 is 1.77 bits per heavy atom. The normalized spacial score (nSPS) is 14.2. The fourth-order valence-electron chi connectivity index (χ4n) is 2.85. The molecule has 0 bridgehead atoms. The highest BCUT2D eigenvalue weighted by Gasteiger charge is 2.09. The van der Waals surface area contributed by atoms with Crippen molar-refractivity contribution < 1.29 is 9.52 Å². The SMILES string of the molecule is C=C/C=C\C=C.OCCSCc1nnc(-c2ccc(/C=C/CN3CCCC3)cc2)o1. The quantitative estimate of drug-likeness (QED) is 0.428. The van der Waals surface area contributed by atoms with Gasteiger partial charge in [0, 0.05) is 17.9 Å². The number of benzene rings is 1. The van der Waals surface area contributed by atoms with E-state index in [9.17, 15) is 0 Å². The highest BCUT2D eigenvalue weighted by Crippen LogP contribution is 2.21. The van der Waals surface area contributed by atoms with Crippen LogP contribution in [0.3, 0.4) is 0 Å². The van der Waals surface area contributed by atoms with Crippen molar-refractivity contribution in [3.05, 3.63) is 79.3 Å². The predicted molar refractivity (Wildman–Crippen MR) is 127 cm³/mol. The minimum Gasteiger partial charge on any atom is -0.420 e. The van der Waals surface area contributed by atoms with Gasteiger partial charge in [-0.3, -0.25) is 4.90 Å². The van der Waals surface area contributed by atoms with Crippen molar-refractivity contribution in [1.29, 1.82) is 0 Å². The van der Waals surface area contributed by atoms with Crippen LogP contribution in [0.1, 0.15) is 24.3 Å². The molecule has 0 atom stereocenters. The van der Waals surface area contributed by atoms with Crippen LogP contribution in [-0.2, 0) is 5.75 Å². The molecule has 0 saturated carbocycles. The number of aromatic nitrogens is 2. The molecule has 1 aromatic carbocycles. The van der Waals surface area contributed by atoms with Crippen molar-refractivity contribution in [3.8, 4) is 11.5 Å². The number of thioether (sulfide) groups is 1. The molecule has 2 aromatic rings. The molecule has 160 valence electrons. The average Bonchev–Trinajstić information content (AvgIpc) is 3.46. The van der Waals surface area contributed by atoms with Crippen molar-refractivity contribution in [2.75, 3.05) is 32.0 Å². The molecule has 6 heteroatoms. The number of aliphatic hydroxyl groups is 1. The second-order valence-corrected chi connectivity index (χ2v) is 7.77. The predicted octanol–water partition coefficient (Wildman–Crippen LogP) is 4.99. The monoisotopic (exact) mass is 425 g/mol. The summed E-state index contributed by atoms with van der Waals surface area (Å²) in [6, 6.07) is 8.15. The number of nitrogens with zero attached hydrogens (tertiary/aromatic N) is 3. The van der Waals surface area contributed by atoms with Crippen molar-refractivity contribution >= 4 is 17.8 Å². The maximum atomic E-state index is 8.78. The van der Waals surface area contributed by atoms with Gasteiger partial charge in [0.15, 0.2) is 0 Å². The first-order chi connectivity index (χ1) is 14.8. The van der Waals surface area contributed by atoms with Gasteiger partial charge in [-0.05, 0) is 43.6 Å². The first kappa shape index (κ1) is 23.9. The maximum Gasteiger partial charge on any atom is 0.247 e. The molecular weight excluding hydrogens is 394 g/mol. The third kappa shape index (κ3) is 8.95. The average molecular weight is 426 g/mol. The number of hydrogen-bond acceptors (Lipinski definition) is 6. The van der Waals surface area contributed by atoms with Crippen molar-refractivity contribution in [2.45, 2.75) is 18.6 Å². The Hall–Kier alpha value is -2.41. The van der Waals surface area contributed by atoms with Gasteiger partial charge in [0.2, 0.25) is 11.8 Å². The van der Waals surface area contributed by atoms with Gasteiger partial charge in [0.05, 0.1) is 12.4 Å². The highest BCUT2D eigenvalue weighted by atomic mass is 32.2. The lowest BCUT2D eigenvalue weighted by Gasteiger charge is -2.10. The minimum absolute atomic E-state index is 0.165. The van der Waals surface area contributed by atoms with Crippen LogP contribution in [-0.4, -0.2) is 52.2 Å². The van der Waals surface area contributed by atoms with Crippen molar-refractivity contribution in [1.82, 2.24) is 15.1 Å². The van der Waals surface area contributed by atoms with E-state index in [1.807, 2.05) is 24.3 Å². The summed E-state index contributed by atoms with van der Waals surface area (Å²) in [6.45, 7) is 10.6. The fraction of sp³-hybridized carbons (Fsp3) is 0.333. The number of likely N-dealkylation sites (tertiary alicyclic amines) is 1. The molecule has 1 aliphatic heterocycles. The third-order valence-electron chi connectivity index (χ3n) is 4.34. The minimum atomic E-state index is 0.165. The molecule has 5 nitrogen and oxygen atoms in total. The van der Waals surface area contributed by atoms with Gasteiger partial charge in [-0.15, -0.1) is 22.0 Å². The molecule has 1 saturated heterocycles. The number of hydrogen-bond donors (Lipinski definition) is 1. The molecule has 3 rings (SSSR count). The van der Waals surface area contributed by atoms with Crippen LogP contribution in [0.5, 0.6) is 0 Å². The molecule has 1 N–H and O–H groups in total. The molecule has 1 aliphatic rings. The first-order valence-electron chi connectivity index (χ1n) is 10.2. The van der Waals surface area contributed by atoms with E-state index in [2.05, 4.69) is 52.5 Å². The Balaban J connectivity index is 0.000000469. The zero-order valence-electron chi connectivity index (χ0n) is 17.4. The zero-order valence-corrected chi connectivity index (χ0v) is 18.3. The number of rotatable bonds is 10. The lowest BCUT2D eigenvalue weighted by molar-refractivity contribution is 0.322. The van der Waals surface area contributed by atoms with E-state index in [0.717, 1.165) is 12.1 Å². The number of allylic oxidation sites excluding steroid dienone is 4. The molecule has 0 amide bonds. The lowest BCUT2D eigenvalue weighted by Crippen LogP contribution is -2.18. The van der Waals surface area contributed by atoms with Gasteiger partial charge in [0.25, 0.3) is 0 Å². The van der Waals surface area contributed by atoms with Gasteiger partial charge in [-0.25, -0.2) is 0 Å². The Morgan fingerprint density at radius 3 is 2.40 bits per heavy atom. The van der Waals surface area contributed by atoms with E-state index in [1.165, 1.54) is 31.5 Å². The van der Waals surface area contributed by atoms with Crippen molar-refractivity contribution in [2.24, 2.45) is 0 Å². The summed E-state index contributed by atoms with van der Waals surface area (Å²) in [6.07, 6.45) is 14.1. The van der Waals surface area contributed by atoms with Gasteiger partial charge < -0.3 is 9.52 Å². The maximum absolute atomic E-state index is 8.78. The topological polar surface area (TPSA) is 62.4 Å². The largest absolute Gasteiger partial charge is 0.420 e. The summed E-state index contributed by atoms with van der Waals surface area (Å²) in [5.74, 6) is 2.45. The molecular formula is C24H31N3O2S. The Morgan fingerprint density at radius 1 is 1.07 bits per heavy atom. The Labute approximate surface area is 183 Å². The molecule has 0 aliphatic carbocycles. The van der Waals surface area contributed by atoms with E-state index in [0.29, 0.717) is 23.3 Å². The molecule has 30 heavy (non-hydrogen) atoms. The van der Waals surface area contributed by atoms with Crippen LogP contribution in [0, 0.1) is 0 Å². The van der Waals surface area contributed by atoms with Crippen LogP contribution in [0.25, 0.3) is 17.5 Å². The van der Waals surface area contributed by atoms with E-state index in [-0.39, 0.29) is 6.61 Å². The van der Waals surface area contributed by atoms with Crippen LogP contribution in [0.15, 0.2) is 72.2 Å². The Kier molecular flexibility index (Phi) is 11.6. The summed E-state index contributed by atoms with van der Waals surface area (Å²) in [5.41, 5.74) is 2.11. The third-order valence-corrected chi connectivity index (χ3v) is 5.26. The molecule has 1 fully saturated rings. The molecule has 0 radical (unpaired) electrons. The van der Waals surface area contributed by atoms with Crippen LogP contribution >= 0.6 is 11.8 Å². The summed E-state index contributed by atoms with van der Waals surface area (Å²) >= 11 is 1.58. The second kappa shape index (κ2) is 14.6. The van der Waals surface area contributed by atoms with Crippen LogP contribution in [0.2, 0.25) is 0 Å². The summed E-state index contributed by atoms with van der Waals surface area (Å²) in [5, 5.41) is 16.9. The van der Waals surface area contributed by atoms with Gasteiger partial charge in [-0.2, -0.15) is 0 Å². The summed E-state index contributed by atoms with van der Waals surface area (Å²) < 4.78 is 5.66. The number of aliphatic hydroxyl groups excluding tert-OH is 1. The lowest BCUT2D eigenvalue weighted by atomic mass is 10.1. The Bertz CT molecular complexity index is 796. The molecule has 0 unspecified atom stereocenters. The van der Waals surface area contributed by atoms with E-state index < -0.39 is 0 Å². The van der Waals surface area contributed by atoms with E-state index in [1.54, 1.807) is 23.9 Å². The smallest absolute Gasteiger partial charge is 0.247 e. The molecule has 0 spiro atoms. The van der Waals surface area contributed by atoms with Gasteiger partial charge in [0.1, 0.15) is 0 Å². The molecule has 1 aromatic heterocycles. The summed E-state index contributed by atoms with van der Waals surface area (Å²) in [7, 11) is 0.